The zero-order valence-corrected chi connectivity index (χ0v) is 58.3. The predicted molar refractivity (Wildman–Crippen MR) is 360 cm³/mol. The zero-order chi connectivity index (χ0) is 68.9. The lowest BCUT2D eigenvalue weighted by atomic mass is 9.91. The summed E-state index contributed by atoms with van der Waals surface area (Å²) in [5.41, 5.74) is 2.41. The average Bonchev–Trinajstić information content (AvgIpc) is 1.74. The highest BCUT2D eigenvalue weighted by atomic mass is 32.2. The number of rotatable bonds is 16. The van der Waals surface area contributed by atoms with Gasteiger partial charge in [0.2, 0.25) is 11.9 Å². The van der Waals surface area contributed by atoms with Gasteiger partial charge >= 0.3 is 12.2 Å². The van der Waals surface area contributed by atoms with Crippen LogP contribution in [-0.2, 0) is 35.9 Å². The minimum absolute atomic E-state index is 0.0187. The molecule has 0 aliphatic carbocycles. The monoisotopic (exact) mass is 1330 g/mol. The number of nitrogens with zero attached hydrogens (tertiary/aromatic N) is 13. The van der Waals surface area contributed by atoms with Crippen LogP contribution in [0.4, 0.5) is 37.3 Å². The Morgan fingerprint density at radius 3 is 2.13 bits per heavy atom. The number of H-pyrrole nitrogens is 1. The maximum atomic E-state index is 14.7. The first-order valence-corrected chi connectivity index (χ1v) is 34.1. The summed E-state index contributed by atoms with van der Waals surface area (Å²) in [6, 6.07) is 10.5. The molecule has 2 unspecified atom stereocenters. The van der Waals surface area contributed by atoms with Crippen molar-refractivity contribution in [3.63, 3.8) is 0 Å². The van der Waals surface area contributed by atoms with Crippen LogP contribution in [0.3, 0.4) is 0 Å². The van der Waals surface area contributed by atoms with Crippen LogP contribution in [0, 0.1) is 19.7 Å². The molecular formula is C68H92FN15O10S. The molecule has 0 spiro atoms. The predicted octanol–water partition coefficient (Wildman–Crippen LogP) is 8.12. The van der Waals surface area contributed by atoms with Gasteiger partial charge in [-0.2, -0.15) is 5.10 Å². The second-order valence-electron chi connectivity index (χ2n) is 29.2. The van der Waals surface area contributed by atoms with Gasteiger partial charge in [0.25, 0.3) is 11.5 Å². The Hall–Kier alpha value is -8.14. The Kier molecular flexibility index (Phi) is 19.9. The molecule has 10 rings (SSSR count). The first-order chi connectivity index (χ1) is 44.5. The Morgan fingerprint density at radius 1 is 0.800 bits per heavy atom. The van der Waals surface area contributed by atoms with E-state index in [1.807, 2.05) is 48.5 Å². The molecule has 0 saturated carbocycles. The number of carbonyl (C=O) groups is 4. The van der Waals surface area contributed by atoms with Crippen LogP contribution < -0.4 is 25.4 Å². The van der Waals surface area contributed by atoms with Crippen molar-refractivity contribution in [3.05, 3.63) is 111 Å². The lowest BCUT2D eigenvalue weighted by Crippen LogP contribution is -2.65. The molecule has 95 heavy (non-hydrogen) atoms. The second kappa shape index (κ2) is 27.2. The second-order valence-corrected chi connectivity index (χ2v) is 31.9. The number of carbonyl (C=O) groups excluding carboxylic acids is 4. The number of benzene rings is 2. The first-order valence-electron chi connectivity index (χ1n) is 32.6. The molecule has 25 nitrogen and oxygen atoms in total. The standard InChI is InChI=1S/C68H92FN15O10S/c1-42-35-80(27-26-79(42)37-50-38-82(63(88)93-65(5,6)7)43(2)36-81(50)39-56(85)83-40-68(14,15)57-53(83)30-47(60(86)74-57)29-46-17-19-49(69)20-18-46)62-70-33-48(34-71-62)61(87)78-24-22-77(23-25-78)21-16-28-92-54-32-52-51(31-55(54)95(90,91)67(11,12)13)58(73-41-72-52)75-59-44(3)45(4)76-84(59)64(89)94-66(8,9)10/h17-20,30-34,41-43,50H,16,21-29,35-40H2,1-15H3,(H,74,86)(H,72,73,75)/t42-,43?,50?/m1/s1. The summed E-state index contributed by atoms with van der Waals surface area (Å²) in [5.74, 6) is 0.611. The Bertz CT molecular complexity index is 4020. The minimum atomic E-state index is -3.97. The molecule has 512 valence electrons. The van der Waals surface area contributed by atoms with Gasteiger partial charge in [-0.15, -0.1) is 4.68 Å². The molecule has 2 N–H and O–H groups in total. The number of fused-ring (bicyclic) bond motifs is 2. The number of ether oxygens (including phenoxy) is 3. The highest BCUT2D eigenvalue weighted by Crippen LogP contribution is 2.41. The summed E-state index contributed by atoms with van der Waals surface area (Å²) in [6.07, 6.45) is 4.28. The van der Waals surface area contributed by atoms with Crippen LogP contribution in [0.2, 0.25) is 0 Å². The molecule has 3 amide bonds. The molecule has 2 aromatic carbocycles. The summed E-state index contributed by atoms with van der Waals surface area (Å²) in [7, 11) is -3.97. The summed E-state index contributed by atoms with van der Waals surface area (Å²) >= 11 is 0. The molecule has 4 aliphatic rings. The van der Waals surface area contributed by atoms with Gasteiger partial charge in [0.05, 0.1) is 40.4 Å². The SMILES string of the molecule is Cc1nn(C(=O)OC(C)(C)C)c(Nc2ncnc3cc(OCCCN4CCN(C(=O)c5cnc(N6CCN(CC7CN(C(=O)OC(C)(C)C)C(C)CN7CC(=O)N7CC(C)(C)c8[nH]c(=O)c(Cc9ccc(F)cc9)cc87)[C@H](C)C6)nc5)CC4)c(S(=O)(=O)C(C)(C)C)cc23)c1C. The van der Waals surface area contributed by atoms with E-state index in [1.165, 1.54) is 24.5 Å². The number of piperazine rings is 3. The third-order valence-corrected chi connectivity index (χ3v) is 20.5. The number of hydrogen-bond acceptors (Lipinski definition) is 20. The number of hydrogen-bond donors (Lipinski definition) is 2. The van der Waals surface area contributed by atoms with Gasteiger partial charge in [-0.1, -0.05) is 26.0 Å². The molecule has 6 aromatic rings. The van der Waals surface area contributed by atoms with E-state index >= 15 is 0 Å². The number of pyridine rings is 1. The smallest absolute Gasteiger partial charge is 0.437 e. The summed E-state index contributed by atoms with van der Waals surface area (Å²) in [6.45, 7) is 34.1. The van der Waals surface area contributed by atoms with E-state index in [4.69, 9.17) is 24.2 Å². The Labute approximate surface area is 555 Å². The molecule has 27 heteroatoms. The van der Waals surface area contributed by atoms with Crippen molar-refractivity contribution in [1.29, 1.82) is 0 Å². The molecule has 3 saturated heterocycles. The topological polar surface area (TPSA) is 267 Å². The van der Waals surface area contributed by atoms with Gasteiger partial charge in [0.1, 0.15) is 45.6 Å². The molecule has 8 heterocycles. The van der Waals surface area contributed by atoms with Crippen LogP contribution in [0.5, 0.6) is 5.75 Å². The van der Waals surface area contributed by atoms with Crippen molar-refractivity contribution in [2.45, 2.75) is 161 Å². The van der Waals surface area contributed by atoms with Gasteiger partial charge in [-0.05, 0) is 126 Å². The van der Waals surface area contributed by atoms with E-state index in [0.29, 0.717) is 141 Å². The Balaban J connectivity index is 0.736. The molecule has 3 atom stereocenters. The van der Waals surface area contributed by atoms with Gasteiger partial charge in [-0.3, -0.25) is 29.1 Å². The van der Waals surface area contributed by atoms with Crippen molar-refractivity contribution in [2.24, 2.45) is 0 Å². The number of nitrogens with one attached hydrogen (secondary N) is 2. The van der Waals surface area contributed by atoms with E-state index in [9.17, 15) is 36.8 Å². The average molecular weight is 1330 g/mol. The summed E-state index contributed by atoms with van der Waals surface area (Å²) < 4.78 is 60.0. The fraction of sp³-hybridized carbons (Fsp3) is 0.559. The summed E-state index contributed by atoms with van der Waals surface area (Å²) in [4.78, 5) is 105. The van der Waals surface area contributed by atoms with Crippen LogP contribution in [0.15, 0.2) is 70.9 Å². The first kappa shape index (κ1) is 69.7. The lowest BCUT2D eigenvalue weighted by Gasteiger charge is -2.48. The maximum absolute atomic E-state index is 14.7. The molecular weight excluding hydrogens is 1240 g/mol. The highest BCUT2D eigenvalue weighted by molar-refractivity contribution is 7.92. The van der Waals surface area contributed by atoms with Crippen LogP contribution in [-0.4, -0.2) is 217 Å². The van der Waals surface area contributed by atoms with E-state index < -0.39 is 43.4 Å². The zero-order valence-electron chi connectivity index (χ0n) is 57.5. The van der Waals surface area contributed by atoms with Gasteiger partial charge < -0.3 is 44.1 Å². The molecule has 4 aliphatic heterocycles. The number of aryl methyl sites for hydroxylation is 1. The molecule has 3 fully saturated rings. The number of aromatic nitrogens is 7. The van der Waals surface area contributed by atoms with E-state index in [2.05, 4.69) is 51.9 Å². The van der Waals surface area contributed by atoms with Crippen LogP contribution in [0.1, 0.15) is 135 Å². The Morgan fingerprint density at radius 2 is 1.47 bits per heavy atom. The molecule has 4 aromatic heterocycles. The van der Waals surface area contributed by atoms with Gasteiger partial charge in [0.15, 0.2) is 9.84 Å². The number of halogens is 1. The van der Waals surface area contributed by atoms with Crippen LogP contribution >= 0.6 is 0 Å². The van der Waals surface area contributed by atoms with Crippen molar-refractivity contribution < 1.29 is 46.2 Å². The van der Waals surface area contributed by atoms with Crippen molar-refractivity contribution in [1.82, 2.24) is 59.2 Å². The fourth-order valence-corrected chi connectivity index (χ4v) is 13.9. The quantitative estimate of drug-likeness (QED) is 0.0866. The van der Waals surface area contributed by atoms with Crippen LogP contribution in [0.25, 0.3) is 10.9 Å². The third-order valence-electron chi connectivity index (χ3n) is 18.0. The van der Waals surface area contributed by atoms with Gasteiger partial charge in [-0.25, -0.2) is 42.3 Å². The normalized spacial score (nSPS) is 19.3. The highest BCUT2D eigenvalue weighted by Gasteiger charge is 2.44. The van der Waals surface area contributed by atoms with Crippen molar-refractivity contribution in [2.75, 3.05) is 107 Å². The maximum Gasteiger partial charge on any atom is 0.437 e. The summed E-state index contributed by atoms with van der Waals surface area (Å²) in [5, 5.41) is 8.02. The lowest BCUT2D eigenvalue weighted by molar-refractivity contribution is -0.121. The third kappa shape index (κ3) is 15.7. The van der Waals surface area contributed by atoms with E-state index in [0.717, 1.165) is 10.2 Å². The fourth-order valence-electron chi connectivity index (χ4n) is 12.6. The van der Waals surface area contributed by atoms with E-state index in [-0.39, 0.29) is 77.4 Å². The van der Waals surface area contributed by atoms with Crippen molar-refractivity contribution >= 4 is 68.0 Å². The molecule has 0 bridgehead atoms. The van der Waals surface area contributed by atoms with E-state index in [1.54, 1.807) is 99.8 Å². The largest absolute Gasteiger partial charge is 0.492 e. The minimum Gasteiger partial charge on any atom is -0.492 e. The molecule has 0 radical (unpaired) electrons. The number of aromatic amines is 1. The number of amides is 3. The van der Waals surface area contributed by atoms with Gasteiger partial charge in [0, 0.05) is 149 Å². The number of anilines is 4. The van der Waals surface area contributed by atoms with Crippen molar-refractivity contribution in [3.8, 4) is 5.75 Å². The number of sulfone groups is 1.